The molecule has 38 heteroatoms. The molecule has 3 amide bonds. The summed E-state index contributed by atoms with van der Waals surface area (Å²) in [4.78, 5) is 78.6. The number of aryl methyl sites for hydroxylation is 2. The minimum atomic E-state index is -0.951. The quantitative estimate of drug-likeness (QED) is 0.0212. The molecule has 19 rings (SSSR count). The number of hydrogen-bond donors (Lipinski definition) is 9. The van der Waals surface area contributed by atoms with Gasteiger partial charge in [-0.15, -0.1) is 6.58 Å². The Bertz CT molecular complexity index is 6840. The first-order chi connectivity index (χ1) is 66.7. The number of nitrogens with one attached hydrogen (secondary N) is 3. The Morgan fingerprint density at radius 2 is 0.859 bits per heavy atom. The minimum absolute atomic E-state index is 0. The van der Waals surface area contributed by atoms with E-state index >= 15 is 0 Å². The Labute approximate surface area is 863 Å². The van der Waals surface area contributed by atoms with Gasteiger partial charge in [0.05, 0.1) is 108 Å². The number of pyridine rings is 4. The Balaban J connectivity index is 0.000000163. The van der Waals surface area contributed by atoms with Gasteiger partial charge in [-0.3, -0.25) is 15.4 Å². The molecule has 142 heavy (non-hydrogen) atoms. The molecule has 12 heterocycles. The van der Waals surface area contributed by atoms with E-state index < -0.39 is 41.4 Å². The van der Waals surface area contributed by atoms with Crippen molar-refractivity contribution in [1.82, 2.24) is 63.5 Å². The van der Waals surface area contributed by atoms with E-state index in [1.165, 1.54) is 25.9 Å². The number of nitrogen functional groups attached to an aromatic ring is 4. The lowest BCUT2D eigenvalue weighted by Crippen LogP contribution is -2.35. The number of carbonyl (C=O) groups is 3. The first kappa shape index (κ1) is 110. The van der Waals surface area contributed by atoms with Crippen molar-refractivity contribution < 1.29 is 57.8 Å². The molecule has 3 aliphatic carbocycles. The molecule has 14 aromatic rings. The number of nitrogens with two attached hydrogens (primary N) is 4. The lowest BCUT2D eigenvalue weighted by molar-refractivity contribution is -0.168. The van der Waals surface area contributed by atoms with Gasteiger partial charge in [-0.2, -0.15) is 0 Å². The van der Waals surface area contributed by atoms with Gasteiger partial charge in [0.2, 0.25) is 5.91 Å². The zero-order chi connectivity index (χ0) is 100. The Hall–Kier alpha value is -10.8. The number of anilines is 7. The predicted molar refractivity (Wildman–Crippen MR) is 573 cm³/mol. The third-order valence-corrected chi connectivity index (χ3v) is 28.3. The van der Waals surface area contributed by atoms with Gasteiger partial charge < -0.3 is 85.3 Å². The number of unbranched alkanes of at least 4 members (excludes halogenated alkanes) is 4. The number of aromatic nitrogens is 13. The number of halogens is 6. The topological polar surface area (TPSA) is 440 Å². The van der Waals surface area contributed by atoms with Crippen LogP contribution in [-0.2, 0) is 50.8 Å². The Morgan fingerprint density at radius 1 is 0.479 bits per heavy atom. The molecule has 0 bridgehead atoms. The summed E-state index contributed by atoms with van der Waals surface area (Å²) in [5.41, 5.74) is 30.4. The van der Waals surface area contributed by atoms with Crippen LogP contribution in [0.25, 0.3) is 76.7 Å². The van der Waals surface area contributed by atoms with Crippen LogP contribution in [0.3, 0.4) is 0 Å². The number of rotatable bonds is 23. The van der Waals surface area contributed by atoms with Crippen LogP contribution in [0, 0.1) is 16.2 Å². The van der Waals surface area contributed by atoms with Crippen LogP contribution in [0.4, 0.5) is 50.3 Å². The molecule has 12 atom stereocenters. The van der Waals surface area contributed by atoms with Gasteiger partial charge in [0.1, 0.15) is 77.5 Å². The highest BCUT2D eigenvalue weighted by molar-refractivity contribution is 9.10. The number of aliphatic hydroxyl groups is 2. The summed E-state index contributed by atoms with van der Waals surface area (Å²) >= 11 is 31.4. The second-order valence-corrected chi connectivity index (χ2v) is 40.9. The van der Waals surface area contributed by atoms with E-state index in [0.717, 1.165) is 163 Å². The van der Waals surface area contributed by atoms with Gasteiger partial charge in [0.15, 0.2) is 29.0 Å². The van der Waals surface area contributed by atoms with Crippen molar-refractivity contribution in [1.29, 1.82) is 0 Å². The molecule has 13 N–H and O–H groups in total. The average molecular weight is 2150 g/mol. The van der Waals surface area contributed by atoms with Crippen molar-refractivity contribution in [3.63, 3.8) is 0 Å². The third-order valence-electron chi connectivity index (χ3n) is 26.2. The van der Waals surface area contributed by atoms with Crippen molar-refractivity contribution in [3.8, 4) is 0 Å². The van der Waals surface area contributed by atoms with Crippen molar-refractivity contribution in [2.75, 3.05) is 65.3 Å². The fraction of sp³-hybridized carbons (Fsp3) is 0.433. The number of fused-ring (bicyclic) bond motifs is 9. The molecule has 5 fully saturated rings. The predicted octanol–water partition coefficient (Wildman–Crippen LogP) is 24.1. The van der Waals surface area contributed by atoms with Gasteiger partial charge in [0, 0.05) is 74.6 Å². The van der Waals surface area contributed by atoms with E-state index in [-0.39, 0.29) is 79.9 Å². The van der Waals surface area contributed by atoms with E-state index in [1.54, 1.807) is 12.1 Å². The van der Waals surface area contributed by atoms with Crippen LogP contribution in [0.2, 0.25) is 20.1 Å². The highest BCUT2D eigenvalue weighted by Gasteiger charge is 2.61. The van der Waals surface area contributed by atoms with E-state index in [4.69, 9.17) is 102 Å². The summed E-state index contributed by atoms with van der Waals surface area (Å²) < 4.78 is 48.6. The highest BCUT2D eigenvalue weighted by Crippen LogP contribution is 2.58. The number of carbonyl (C=O) groups excluding carboxylic acids is 3. The molecule has 0 spiro atoms. The normalized spacial score (nSPS) is 22.0. The molecule has 2 saturated heterocycles. The van der Waals surface area contributed by atoms with Gasteiger partial charge in [-0.25, -0.2) is 59.4 Å². The molecule has 4 aromatic carbocycles. The smallest absolute Gasteiger partial charge is 0.412 e. The number of hydrogen-bond acceptors (Lipinski definition) is 26. The van der Waals surface area contributed by atoms with Gasteiger partial charge >= 0.3 is 12.2 Å². The molecule has 10 aromatic heterocycles. The number of aliphatic hydroxyl groups excluding tert-OH is 2. The Kier molecular flexibility index (Phi) is 36.7. The maximum Gasteiger partial charge on any atom is 0.412 e. The largest absolute Gasteiger partial charge is 0.449 e. The molecular weight excluding hydrogens is 2020 g/mol. The van der Waals surface area contributed by atoms with Crippen molar-refractivity contribution in [2.24, 2.45) is 16.2 Å². The van der Waals surface area contributed by atoms with Crippen molar-refractivity contribution >= 4 is 214 Å². The molecule has 758 valence electrons. The molecular formula is C104H128Br2Cl4N20O12. The summed E-state index contributed by atoms with van der Waals surface area (Å²) in [5, 5.41) is 37.8. The van der Waals surface area contributed by atoms with Crippen LogP contribution in [0.1, 0.15) is 198 Å². The van der Waals surface area contributed by atoms with Crippen LogP contribution >= 0.6 is 78.3 Å². The van der Waals surface area contributed by atoms with Crippen LogP contribution in [-0.4, -0.2) is 166 Å². The summed E-state index contributed by atoms with van der Waals surface area (Å²) in [6.45, 7) is 30.4. The van der Waals surface area contributed by atoms with Gasteiger partial charge in [-0.05, 0) is 200 Å². The molecule has 3 saturated carbocycles. The van der Waals surface area contributed by atoms with E-state index in [9.17, 15) is 24.6 Å². The first-order valence-electron chi connectivity index (χ1n) is 46.9. The highest BCUT2D eigenvalue weighted by atomic mass is 79.9. The third kappa shape index (κ3) is 25.6. The monoisotopic (exact) mass is 2150 g/mol. The van der Waals surface area contributed by atoms with Crippen LogP contribution in [0.5, 0.6) is 0 Å². The summed E-state index contributed by atoms with van der Waals surface area (Å²) in [5.74, 6) is 1.19. The number of nitrogens with zero attached hydrogens (tertiary/aromatic N) is 13. The van der Waals surface area contributed by atoms with E-state index in [2.05, 4.69) is 153 Å². The van der Waals surface area contributed by atoms with E-state index in [0.29, 0.717) is 98.6 Å². The second kappa shape index (κ2) is 47.3. The van der Waals surface area contributed by atoms with E-state index in [1.807, 2.05) is 169 Å². The number of amides is 3. The fourth-order valence-corrected chi connectivity index (χ4v) is 20.4. The molecule has 0 radical (unpaired) electrons. The Morgan fingerprint density at radius 3 is 1.28 bits per heavy atom. The average Bonchev–Trinajstić information content (AvgIpc) is 1.55. The molecule has 2 aliphatic heterocycles. The molecule has 0 unspecified atom stereocenters. The minimum Gasteiger partial charge on any atom is -0.449 e. The lowest BCUT2D eigenvalue weighted by Gasteiger charge is -2.32. The van der Waals surface area contributed by atoms with Gasteiger partial charge in [-0.1, -0.05) is 196 Å². The second-order valence-electron chi connectivity index (χ2n) is 37.4. The first-order valence-corrected chi connectivity index (χ1v) is 50.0. The van der Waals surface area contributed by atoms with Crippen LogP contribution in [0.15, 0.2) is 174 Å². The van der Waals surface area contributed by atoms with Crippen molar-refractivity contribution in [3.05, 3.63) is 206 Å². The summed E-state index contributed by atoms with van der Waals surface area (Å²) in [6.07, 6.45) is 20.3. The lowest BCUT2D eigenvalue weighted by atomic mass is 9.80. The maximum atomic E-state index is 12.2. The SMILES string of the molecule is C.C.C=C[C@@]1(C)C[C@@H](n2ccc3c(N)ncnc32)[C@@H]2OC(C)(C)O[C@@H]21.CC(=O)Nc1nc2cc(CC[C@@]3(C)C[C@@H](n4ccc5c(N)ncnc54)[C@@H]4OC(C)(C)O[C@@H]43)ccc2cc1Cl.CCCCCOC(=O)Nc1nc2cc(Br)ccc2cc1Cl.CCCCCOC(=O)Nc1nc2cc(CC[C@@]3(C)C[C@@H](n4ccc5c(N)ncnc54)[C@H](O)[C@@H]3O)ccc2cc1Cl.CCOCC.Nc1nc2cc(Br)ccc2cc1Cl. The number of benzene rings is 4. The zero-order valence-electron chi connectivity index (χ0n) is 80.3. The van der Waals surface area contributed by atoms with Gasteiger partial charge in [0.25, 0.3) is 0 Å². The zero-order valence-corrected chi connectivity index (χ0v) is 86.5. The number of ether oxygens (including phenoxy) is 7. The summed E-state index contributed by atoms with van der Waals surface area (Å²) in [6, 6.07) is 36.4. The molecule has 32 nitrogen and oxygen atoms in total. The summed E-state index contributed by atoms with van der Waals surface area (Å²) in [7, 11) is 0. The standard InChI is InChI=1S/C29H35ClN6O4.C28H31ClN6O3.C17H22N4O2.C15H16BrClN2O2.C9H6BrClN2.C4H10O.2CH4/c1-3-4-5-12-40-28(39)35-26-20(30)14-18-7-6-17(13-21(18)34-26)8-10-29(2)15-22(23(37)24(29)38)36-11-9-19-25(31)32-16-33-27(19)36;1-15(36)33-25-19(29)12-17-6-5-16(11-20(17)34-25)7-9-28(4)13-21(22-23(28)38-27(2,3)37-22)35-10-8-18-24(30)31-14-32-26(18)35;1-5-17(4)8-11(12-13(17)23-16(2,3)22-12)21-7-6-10-14(18)19-9-20-15(10)21;1-2-3-4-7-21-15(20)19-14-12(17)8-10-5-6-11(16)9-13(10)18-14;10-6-2-1-5-3-7(11)9(12)13-8(5)4-6;1-3-5-4-2;;/h6-7,9,11,13-14,16,22-24,37-38H,3-5,8,10,12,15H2,1-2H3,(H2,31,32,33)(H,34,35,39);5-6,8,10-12,14,21-23H,7,9,13H2,1-4H3,(H2,30,31,32)(H,33,34,36);5-7,9,11-13H,1,8H2,2-4H3,(H2,18,19,20);5-6,8-9H,2-4,7H2,1H3,(H,18,19,20);1-4H,(H2,12,13);3-4H2,1-2H3;2*1H4/t22-,23+,24+,29+;21-,22+,23+,28+;11-,12+,13+,17+;;;;;/m111...../s1. The van der Waals surface area contributed by atoms with Crippen molar-refractivity contribution in [2.45, 2.75) is 248 Å². The maximum absolute atomic E-state index is 12.2. The fourth-order valence-electron chi connectivity index (χ4n) is 18.9. The van der Waals surface area contributed by atoms with Crippen LogP contribution < -0.4 is 38.9 Å². The molecule has 5 aliphatic rings.